The van der Waals surface area contributed by atoms with Crippen molar-refractivity contribution in [3.63, 3.8) is 0 Å². The summed E-state index contributed by atoms with van der Waals surface area (Å²) in [5.41, 5.74) is 0. The molecule has 1 aliphatic carbocycles. The quantitative estimate of drug-likeness (QED) is 0.490. The second kappa shape index (κ2) is 6.24. The molecule has 0 aliphatic heterocycles. The Morgan fingerprint density at radius 2 is 2.00 bits per heavy atom. The van der Waals surface area contributed by atoms with Crippen molar-refractivity contribution in [2.75, 3.05) is 13.6 Å². The molecule has 70 valence electrons. The van der Waals surface area contributed by atoms with Gasteiger partial charge >= 0.3 is 0 Å². The number of nitrogens with one attached hydrogen (secondary N) is 1. The Balaban J connectivity index is 1.96. The van der Waals surface area contributed by atoms with Crippen molar-refractivity contribution in [1.29, 1.82) is 0 Å². The maximum Gasteiger partial charge on any atom is -0.00173 e. The van der Waals surface area contributed by atoms with E-state index in [1.54, 1.807) is 0 Å². The first-order valence-corrected chi connectivity index (χ1v) is 5.23. The molecule has 0 spiro atoms. The van der Waals surface area contributed by atoms with Gasteiger partial charge in [-0.3, -0.25) is 0 Å². The first-order chi connectivity index (χ1) is 5.93. The largest absolute Gasteiger partial charge is 0.319 e. The van der Waals surface area contributed by atoms with Crippen LogP contribution in [0.4, 0.5) is 0 Å². The van der Waals surface area contributed by atoms with Crippen LogP contribution in [-0.2, 0) is 0 Å². The molecule has 0 atom stereocenters. The summed E-state index contributed by atoms with van der Waals surface area (Å²) in [6.07, 6.45) is 13.1. The van der Waals surface area contributed by atoms with E-state index in [4.69, 9.17) is 0 Å². The summed E-state index contributed by atoms with van der Waals surface area (Å²) in [6.45, 7) is 1.11. The smallest absolute Gasteiger partial charge is 0.00173 e. The summed E-state index contributed by atoms with van der Waals surface area (Å²) >= 11 is 0. The summed E-state index contributed by atoms with van der Waals surface area (Å²) in [5.74, 6) is 1.01. The average Bonchev–Trinajstić information content (AvgIpc) is 2.57. The summed E-state index contributed by atoms with van der Waals surface area (Å²) in [4.78, 5) is 0. The van der Waals surface area contributed by atoms with E-state index in [1.165, 1.54) is 38.5 Å². The van der Waals surface area contributed by atoms with Gasteiger partial charge in [0.05, 0.1) is 0 Å². The molecule has 0 aromatic rings. The Bertz CT molecular complexity index is 123. The van der Waals surface area contributed by atoms with Gasteiger partial charge in [-0.2, -0.15) is 0 Å². The molecule has 0 radical (unpaired) electrons. The topological polar surface area (TPSA) is 12.0 Å². The van der Waals surface area contributed by atoms with E-state index in [0.29, 0.717) is 0 Å². The van der Waals surface area contributed by atoms with Gasteiger partial charge in [0.25, 0.3) is 0 Å². The highest BCUT2D eigenvalue weighted by Crippen LogP contribution is 2.27. The summed E-state index contributed by atoms with van der Waals surface area (Å²) in [7, 11) is 2.00. The van der Waals surface area contributed by atoms with Crippen LogP contribution in [0.15, 0.2) is 12.2 Å². The average molecular weight is 167 g/mol. The van der Waals surface area contributed by atoms with E-state index in [2.05, 4.69) is 17.5 Å². The van der Waals surface area contributed by atoms with Crippen LogP contribution in [0.2, 0.25) is 0 Å². The molecule has 1 aliphatic rings. The molecule has 0 unspecified atom stereocenters. The Morgan fingerprint density at radius 1 is 1.25 bits per heavy atom. The molecular weight excluding hydrogens is 146 g/mol. The van der Waals surface area contributed by atoms with Crippen molar-refractivity contribution in [2.24, 2.45) is 5.92 Å². The van der Waals surface area contributed by atoms with Crippen molar-refractivity contribution in [3.8, 4) is 0 Å². The number of hydrogen-bond acceptors (Lipinski definition) is 1. The Labute approximate surface area is 76.2 Å². The van der Waals surface area contributed by atoms with E-state index in [-0.39, 0.29) is 0 Å². The van der Waals surface area contributed by atoms with Crippen molar-refractivity contribution in [2.45, 2.75) is 38.5 Å². The van der Waals surface area contributed by atoms with Gasteiger partial charge < -0.3 is 5.32 Å². The fourth-order valence-electron chi connectivity index (χ4n) is 1.88. The lowest BCUT2D eigenvalue weighted by Gasteiger charge is -2.02. The Hall–Kier alpha value is -0.300. The highest BCUT2D eigenvalue weighted by molar-refractivity contribution is 4.85. The van der Waals surface area contributed by atoms with Gasteiger partial charge in [-0.1, -0.05) is 37.8 Å². The number of allylic oxidation sites excluding steroid dienone is 1. The van der Waals surface area contributed by atoms with Crippen LogP contribution < -0.4 is 5.32 Å². The van der Waals surface area contributed by atoms with Gasteiger partial charge in [0, 0.05) is 0 Å². The molecular formula is C11H21N. The van der Waals surface area contributed by atoms with Gasteiger partial charge in [0.2, 0.25) is 0 Å². The van der Waals surface area contributed by atoms with Crippen LogP contribution in [0, 0.1) is 5.92 Å². The zero-order chi connectivity index (χ0) is 8.65. The summed E-state index contributed by atoms with van der Waals surface area (Å²) in [5, 5.41) is 3.14. The van der Waals surface area contributed by atoms with E-state index in [9.17, 15) is 0 Å². The van der Waals surface area contributed by atoms with Crippen LogP contribution >= 0.6 is 0 Å². The molecule has 0 saturated heterocycles. The fraction of sp³-hybridized carbons (Fsp3) is 0.818. The fourth-order valence-corrected chi connectivity index (χ4v) is 1.88. The second-order valence-corrected chi connectivity index (χ2v) is 3.75. The third kappa shape index (κ3) is 3.91. The lowest BCUT2D eigenvalue weighted by molar-refractivity contribution is 0.557. The lowest BCUT2D eigenvalue weighted by Crippen LogP contribution is -2.05. The third-order valence-electron chi connectivity index (χ3n) is 2.67. The monoisotopic (exact) mass is 167 g/mol. The molecule has 0 amide bonds. The van der Waals surface area contributed by atoms with Crippen molar-refractivity contribution in [1.82, 2.24) is 5.32 Å². The Kier molecular flexibility index (Phi) is 5.09. The zero-order valence-corrected chi connectivity index (χ0v) is 8.18. The van der Waals surface area contributed by atoms with Gasteiger partial charge in [-0.25, -0.2) is 0 Å². The maximum absolute atomic E-state index is 3.14. The standard InChI is InChI=1S/C11H21N/c1-12-10-6-2-3-7-11-8-4-5-9-11/h2-3,11-12H,4-10H2,1H3. The van der Waals surface area contributed by atoms with Crippen molar-refractivity contribution >= 4 is 0 Å². The molecule has 0 heterocycles. The number of hydrogen-bond donors (Lipinski definition) is 1. The molecule has 1 heteroatoms. The second-order valence-electron chi connectivity index (χ2n) is 3.75. The molecule has 1 N–H and O–H groups in total. The maximum atomic E-state index is 3.14. The highest BCUT2D eigenvalue weighted by atomic mass is 14.8. The van der Waals surface area contributed by atoms with Crippen LogP contribution in [0.25, 0.3) is 0 Å². The molecule has 1 saturated carbocycles. The van der Waals surface area contributed by atoms with Crippen molar-refractivity contribution in [3.05, 3.63) is 12.2 Å². The van der Waals surface area contributed by atoms with E-state index in [0.717, 1.165) is 12.5 Å². The summed E-state index contributed by atoms with van der Waals surface area (Å²) in [6, 6.07) is 0. The minimum atomic E-state index is 1.01. The molecule has 1 fully saturated rings. The SMILES string of the molecule is CNCCC=CCC1CCCC1. The normalized spacial score (nSPS) is 19.4. The van der Waals surface area contributed by atoms with Gasteiger partial charge in [0.15, 0.2) is 0 Å². The predicted molar refractivity (Wildman–Crippen MR) is 54.3 cm³/mol. The van der Waals surface area contributed by atoms with Crippen LogP contribution in [0.1, 0.15) is 38.5 Å². The first kappa shape index (κ1) is 9.79. The van der Waals surface area contributed by atoms with Gasteiger partial charge in [-0.15, -0.1) is 0 Å². The first-order valence-electron chi connectivity index (χ1n) is 5.23. The Morgan fingerprint density at radius 3 is 2.67 bits per heavy atom. The van der Waals surface area contributed by atoms with Crippen LogP contribution in [0.3, 0.4) is 0 Å². The molecule has 1 nitrogen and oxygen atoms in total. The number of rotatable bonds is 5. The third-order valence-corrected chi connectivity index (χ3v) is 2.67. The molecule has 0 aromatic heterocycles. The van der Waals surface area contributed by atoms with Crippen LogP contribution in [-0.4, -0.2) is 13.6 Å². The minimum Gasteiger partial charge on any atom is -0.319 e. The van der Waals surface area contributed by atoms with Crippen LogP contribution in [0.5, 0.6) is 0 Å². The van der Waals surface area contributed by atoms with E-state index in [1.807, 2.05) is 7.05 Å². The molecule has 0 aromatic carbocycles. The van der Waals surface area contributed by atoms with Gasteiger partial charge in [0.1, 0.15) is 0 Å². The van der Waals surface area contributed by atoms with E-state index >= 15 is 0 Å². The molecule has 1 rings (SSSR count). The summed E-state index contributed by atoms with van der Waals surface area (Å²) < 4.78 is 0. The zero-order valence-electron chi connectivity index (χ0n) is 8.18. The predicted octanol–water partition coefficient (Wildman–Crippen LogP) is 2.73. The molecule has 0 bridgehead atoms. The highest BCUT2D eigenvalue weighted by Gasteiger charge is 2.12. The lowest BCUT2D eigenvalue weighted by atomic mass is 10.0. The van der Waals surface area contributed by atoms with Crippen molar-refractivity contribution < 1.29 is 0 Å². The minimum absolute atomic E-state index is 1.01. The molecule has 12 heavy (non-hydrogen) atoms. The van der Waals surface area contributed by atoms with Gasteiger partial charge in [-0.05, 0) is 32.4 Å². The van der Waals surface area contributed by atoms with E-state index < -0.39 is 0 Å².